The molecule has 0 aliphatic carbocycles. The molecule has 1 aromatic heterocycles. The SMILES string of the molecule is NC(=S)c1ccc(Nc2ccc(OC(F)F)cc2)nc1. The largest absolute Gasteiger partial charge is 0.435 e. The summed E-state index contributed by atoms with van der Waals surface area (Å²) in [6.45, 7) is -2.83. The van der Waals surface area contributed by atoms with Gasteiger partial charge in [-0.2, -0.15) is 8.78 Å². The van der Waals surface area contributed by atoms with Gasteiger partial charge in [-0.05, 0) is 36.4 Å². The molecule has 0 spiro atoms. The van der Waals surface area contributed by atoms with E-state index in [2.05, 4.69) is 15.0 Å². The van der Waals surface area contributed by atoms with E-state index in [0.29, 0.717) is 17.1 Å². The third-order valence-corrected chi connectivity index (χ3v) is 2.64. The molecular formula is C13H11F2N3OS. The Kier molecular flexibility index (Phi) is 4.41. The summed E-state index contributed by atoms with van der Waals surface area (Å²) in [5.74, 6) is 0.690. The third kappa shape index (κ3) is 3.86. The molecule has 0 aliphatic rings. The van der Waals surface area contributed by atoms with Crippen molar-refractivity contribution in [2.24, 2.45) is 5.73 Å². The van der Waals surface area contributed by atoms with Gasteiger partial charge in [0.15, 0.2) is 0 Å². The van der Waals surface area contributed by atoms with Crippen molar-refractivity contribution >= 4 is 28.7 Å². The van der Waals surface area contributed by atoms with Crippen LogP contribution in [0.1, 0.15) is 5.56 Å². The van der Waals surface area contributed by atoms with Gasteiger partial charge >= 0.3 is 6.61 Å². The van der Waals surface area contributed by atoms with Gasteiger partial charge in [0.1, 0.15) is 16.6 Å². The number of rotatable bonds is 5. The second-order valence-corrected chi connectivity index (χ2v) is 4.26. The minimum absolute atomic E-state index is 0.0994. The second kappa shape index (κ2) is 6.25. The number of hydrogen-bond acceptors (Lipinski definition) is 4. The molecule has 0 saturated heterocycles. The van der Waals surface area contributed by atoms with Gasteiger partial charge in [-0.15, -0.1) is 0 Å². The van der Waals surface area contributed by atoms with Gasteiger partial charge in [0.05, 0.1) is 0 Å². The maximum atomic E-state index is 12.0. The number of anilines is 2. The molecule has 2 aromatic rings. The van der Waals surface area contributed by atoms with E-state index in [4.69, 9.17) is 18.0 Å². The lowest BCUT2D eigenvalue weighted by atomic mass is 10.2. The maximum absolute atomic E-state index is 12.0. The molecule has 104 valence electrons. The molecule has 0 bridgehead atoms. The van der Waals surface area contributed by atoms with Crippen LogP contribution in [0.5, 0.6) is 5.75 Å². The Morgan fingerprint density at radius 1 is 1.20 bits per heavy atom. The highest BCUT2D eigenvalue weighted by atomic mass is 32.1. The van der Waals surface area contributed by atoms with Crippen LogP contribution in [-0.4, -0.2) is 16.6 Å². The molecule has 1 aromatic carbocycles. The number of thiocarbonyl (C=S) groups is 1. The average Bonchev–Trinajstić information content (AvgIpc) is 2.41. The molecule has 2 rings (SSSR count). The Labute approximate surface area is 119 Å². The number of nitrogens with one attached hydrogen (secondary N) is 1. The quantitative estimate of drug-likeness (QED) is 0.830. The first kappa shape index (κ1) is 14.1. The Bertz CT molecular complexity index is 588. The van der Waals surface area contributed by atoms with Crippen LogP contribution in [-0.2, 0) is 0 Å². The Hall–Kier alpha value is -2.28. The van der Waals surface area contributed by atoms with Gasteiger partial charge in [-0.25, -0.2) is 4.98 Å². The van der Waals surface area contributed by atoms with Crippen molar-refractivity contribution in [3.63, 3.8) is 0 Å². The Morgan fingerprint density at radius 3 is 2.40 bits per heavy atom. The number of hydrogen-bond donors (Lipinski definition) is 2. The van der Waals surface area contributed by atoms with Crippen LogP contribution < -0.4 is 15.8 Å². The first-order valence-electron chi connectivity index (χ1n) is 5.62. The Morgan fingerprint density at radius 2 is 1.90 bits per heavy atom. The number of aromatic nitrogens is 1. The molecule has 1 heterocycles. The molecule has 0 amide bonds. The van der Waals surface area contributed by atoms with E-state index in [9.17, 15) is 8.78 Å². The molecule has 7 heteroatoms. The summed E-state index contributed by atoms with van der Waals surface area (Å²) in [5, 5.41) is 3.01. The topological polar surface area (TPSA) is 60.2 Å². The van der Waals surface area contributed by atoms with Crippen molar-refractivity contribution < 1.29 is 13.5 Å². The number of nitrogens with zero attached hydrogens (tertiary/aromatic N) is 1. The summed E-state index contributed by atoms with van der Waals surface area (Å²) < 4.78 is 28.3. The predicted molar refractivity (Wildman–Crippen MR) is 76.5 cm³/mol. The zero-order chi connectivity index (χ0) is 14.5. The van der Waals surface area contributed by atoms with E-state index < -0.39 is 6.61 Å². The summed E-state index contributed by atoms with van der Waals surface area (Å²) in [6, 6.07) is 9.57. The molecule has 0 aliphatic heterocycles. The molecule has 0 atom stereocenters. The number of alkyl halides is 2. The molecular weight excluding hydrogens is 284 g/mol. The van der Waals surface area contributed by atoms with Gasteiger partial charge in [0.25, 0.3) is 0 Å². The number of ether oxygens (including phenoxy) is 1. The van der Waals surface area contributed by atoms with Gasteiger partial charge in [-0.3, -0.25) is 0 Å². The number of halogens is 2. The van der Waals surface area contributed by atoms with E-state index in [0.717, 1.165) is 0 Å². The summed E-state index contributed by atoms with van der Waals surface area (Å²) in [4.78, 5) is 4.41. The smallest absolute Gasteiger partial charge is 0.387 e. The van der Waals surface area contributed by atoms with Crippen molar-refractivity contribution in [1.82, 2.24) is 4.98 Å². The first-order chi connectivity index (χ1) is 9.54. The van der Waals surface area contributed by atoms with Crippen LogP contribution in [0.2, 0.25) is 0 Å². The zero-order valence-electron chi connectivity index (χ0n) is 10.2. The number of pyridine rings is 1. The minimum Gasteiger partial charge on any atom is -0.435 e. The number of nitrogens with two attached hydrogens (primary N) is 1. The summed E-state index contributed by atoms with van der Waals surface area (Å²) in [5.41, 5.74) is 6.84. The summed E-state index contributed by atoms with van der Waals surface area (Å²) in [6.07, 6.45) is 1.55. The normalized spacial score (nSPS) is 10.3. The molecule has 0 fully saturated rings. The standard InChI is InChI=1S/C13H11F2N3OS/c14-13(15)19-10-4-2-9(3-5-10)18-11-6-1-8(7-17-11)12(16)20/h1-7,13H,(H2,16,20)(H,17,18). The van der Waals surface area contributed by atoms with Gasteiger partial charge < -0.3 is 15.8 Å². The summed E-state index contributed by atoms with van der Waals surface area (Å²) in [7, 11) is 0. The lowest BCUT2D eigenvalue weighted by molar-refractivity contribution is -0.0498. The van der Waals surface area contributed by atoms with Crippen molar-refractivity contribution in [2.45, 2.75) is 6.61 Å². The van der Waals surface area contributed by atoms with E-state index in [1.165, 1.54) is 12.1 Å². The average molecular weight is 295 g/mol. The first-order valence-corrected chi connectivity index (χ1v) is 6.03. The van der Waals surface area contributed by atoms with Crippen LogP contribution in [0.15, 0.2) is 42.6 Å². The van der Waals surface area contributed by atoms with E-state index in [1.54, 1.807) is 30.5 Å². The molecule has 0 unspecified atom stereocenters. The molecule has 20 heavy (non-hydrogen) atoms. The van der Waals surface area contributed by atoms with Gasteiger partial charge in [0.2, 0.25) is 0 Å². The zero-order valence-corrected chi connectivity index (χ0v) is 11.0. The van der Waals surface area contributed by atoms with Crippen LogP contribution in [0.3, 0.4) is 0 Å². The lowest BCUT2D eigenvalue weighted by Crippen LogP contribution is -2.09. The molecule has 4 nitrogen and oxygen atoms in total. The van der Waals surface area contributed by atoms with Crippen LogP contribution in [0.25, 0.3) is 0 Å². The highest BCUT2D eigenvalue weighted by molar-refractivity contribution is 7.80. The van der Waals surface area contributed by atoms with Crippen molar-refractivity contribution in [3.05, 3.63) is 48.2 Å². The fourth-order valence-corrected chi connectivity index (χ4v) is 1.60. The van der Waals surface area contributed by atoms with Gasteiger partial charge in [0, 0.05) is 17.4 Å². The van der Waals surface area contributed by atoms with Gasteiger partial charge in [-0.1, -0.05) is 12.2 Å². The summed E-state index contributed by atoms with van der Waals surface area (Å²) >= 11 is 4.83. The highest BCUT2D eigenvalue weighted by Crippen LogP contribution is 2.20. The molecule has 0 saturated carbocycles. The van der Waals surface area contributed by atoms with Crippen molar-refractivity contribution in [1.29, 1.82) is 0 Å². The maximum Gasteiger partial charge on any atom is 0.387 e. The molecule has 0 radical (unpaired) electrons. The minimum atomic E-state index is -2.83. The predicted octanol–water partition coefficient (Wildman–Crippen LogP) is 3.06. The lowest BCUT2D eigenvalue weighted by Gasteiger charge is -2.08. The number of benzene rings is 1. The fraction of sp³-hybridized carbons (Fsp3) is 0.0769. The highest BCUT2D eigenvalue weighted by Gasteiger charge is 2.04. The fourth-order valence-electron chi connectivity index (χ4n) is 1.48. The van der Waals surface area contributed by atoms with Crippen LogP contribution in [0, 0.1) is 0 Å². The van der Waals surface area contributed by atoms with E-state index in [1.807, 2.05) is 0 Å². The van der Waals surface area contributed by atoms with E-state index in [-0.39, 0.29) is 10.7 Å². The third-order valence-electron chi connectivity index (χ3n) is 2.40. The second-order valence-electron chi connectivity index (χ2n) is 3.82. The van der Waals surface area contributed by atoms with Crippen LogP contribution >= 0.6 is 12.2 Å². The molecule has 3 N–H and O–H groups in total. The van der Waals surface area contributed by atoms with Crippen molar-refractivity contribution in [3.8, 4) is 5.75 Å². The van der Waals surface area contributed by atoms with E-state index >= 15 is 0 Å². The monoisotopic (exact) mass is 295 g/mol. The van der Waals surface area contributed by atoms with Crippen LogP contribution in [0.4, 0.5) is 20.3 Å². The Balaban J connectivity index is 2.04. The van der Waals surface area contributed by atoms with Crippen molar-refractivity contribution in [2.75, 3.05) is 5.32 Å².